The van der Waals surface area contributed by atoms with Crippen molar-refractivity contribution in [1.29, 1.82) is 0 Å². The van der Waals surface area contributed by atoms with E-state index in [0.29, 0.717) is 31.5 Å². The van der Waals surface area contributed by atoms with E-state index in [4.69, 9.17) is 11.5 Å². The van der Waals surface area contributed by atoms with Crippen molar-refractivity contribution in [3.05, 3.63) is 0 Å². The van der Waals surface area contributed by atoms with Gasteiger partial charge >= 0.3 is 0 Å². The summed E-state index contributed by atoms with van der Waals surface area (Å²) < 4.78 is 0. The Morgan fingerprint density at radius 1 is 0.870 bits per heavy atom. The average molecular weight is 324 g/mol. The second kappa shape index (κ2) is 9.63. The highest BCUT2D eigenvalue weighted by atomic mass is 16.2. The second-order valence-corrected chi connectivity index (χ2v) is 7.95. The Labute approximate surface area is 142 Å². The molecule has 0 aromatic rings. The lowest BCUT2D eigenvalue weighted by molar-refractivity contribution is -0.133. The lowest BCUT2D eigenvalue weighted by Crippen LogP contribution is -2.49. The van der Waals surface area contributed by atoms with E-state index in [1.165, 1.54) is 64.2 Å². The molecule has 134 valence electrons. The molecule has 2 rings (SSSR count). The standard InChI is InChI=1S/C19H37N3O/c20-11-12-22-18(23)19(15-21,13-16-7-3-1-4-8-16)14-17-9-5-2-6-10-17/h16-17H,1-15,20-21H2,(H,22,23). The highest BCUT2D eigenvalue weighted by Crippen LogP contribution is 2.41. The number of carbonyl (C=O) groups excluding carboxylic acids is 1. The van der Waals surface area contributed by atoms with Gasteiger partial charge < -0.3 is 16.8 Å². The van der Waals surface area contributed by atoms with Crippen LogP contribution in [0.15, 0.2) is 0 Å². The summed E-state index contributed by atoms with van der Waals surface area (Å²) in [6, 6.07) is 0. The van der Waals surface area contributed by atoms with Crippen molar-refractivity contribution >= 4 is 5.91 Å². The molecule has 0 unspecified atom stereocenters. The molecule has 0 saturated heterocycles. The van der Waals surface area contributed by atoms with Gasteiger partial charge in [0.2, 0.25) is 5.91 Å². The minimum absolute atomic E-state index is 0.168. The molecule has 4 heteroatoms. The van der Waals surface area contributed by atoms with E-state index in [1.54, 1.807) is 0 Å². The zero-order valence-electron chi connectivity index (χ0n) is 14.8. The van der Waals surface area contributed by atoms with Gasteiger partial charge in [-0.1, -0.05) is 64.2 Å². The van der Waals surface area contributed by atoms with Crippen LogP contribution in [0.25, 0.3) is 0 Å². The molecule has 4 nitrogen and oxygen atoms in total. The molecule has 0 aromatic heterocycles. The van der Waals surface area contributed by atoms with E-state index in [-0.39, 0.29) is 11.3 Å². The third-order valence-electron chi connectivity index (χ3n) is 6.11. The minimum Gasteiger partial charge on any atom is -0.354 e. The summed E-state index contributed by atoms with van der Waals surface area (Å²) in [5.74, 6) is 1.53. The first kappa shape index (κ1) is 18.7. The fourth-order valence-corrected chi connectivity index (χ4v) is 4.79. The molecular formula is C19H37N3O. The summed E-state index contributed by atoms with van der Waals surface area (Å²) in [5.41, 5.74) is 11.4. The van der Waals surface area contributed by atoms with E-state index in [1.807, 2.05) is 0 Å². The maximum absolute atomic E-state index is 13.0. The minimum atomic E-state index is -0.362. The van der Waals surface area contributed by atoms with Gasteiger partial charge in [0.05, 0.1) is 5.41 Å². The van der Waals surface area contributed by atoms with Crippen molar-refractivity contribution in [2.45, 2.75) is 77.0 Å². The first-order chi connectivity index (χ1) is 11.2. The van der Waals surface area contributed by atoms with Gasteiger partial charge in [-0.25, -0.2) is 0 Å². The molecule has 0 bridgehead atoms. The number of amides is 1. The van der Waals surface area contributed by atoms with Crippen molar-refractivity contribution in [3.63, 3.8) is 0 Å². The van der Waals surface area contributed by atoms with Gasteiger partial charge in [0.15, 0.2) is 0 Å². The normalized spacial score (nSPS) is 21.3. The summed E-state index contributed by atoms with van der Waals surface area (Å²) in [5, 5.41) is 3.06. The molecule has 0 atom stereocenters. The van der Waals surface area contributed by atoms with Crippen LogP contribution in [0.5, 0.6) is 0 Å². The van der Waals surface area contributed by atoms with Crippen LogP contribution in [0.3, 0.4) is 0 Å². The Morgan fingerprint density at radius 2 is 1.35 bits per heavy atom. The van der Waals surface area contributed by atoms with Crippen LogP contribution in [0.1, 0.15) is 77.0 Å². The molecule has 1 amide bonds. The fourth-order valence-electron chi connectivity index (χ4n) is 4.79. The van der Waals surface area contributed by atoms with Gasteiger partial charge in [-0.15, -0.1) is 0 Å². The van der Waals surface area contributed by atoms with Crippen LogP contribution < -0.4 is 16.8 Å². The number of nitrogens with one attached hydrogen (secondary N) is 1. The summed E-state index contributed by atoms with van der Waals surface area (Å²) >= 11 is 0. The van der Waals surface area contributed by atoms with Gasteiger partial charge in [-0.05, 0) is 24.7 Å². The number of nitrogens with two attached hydrogens (primary N) is 2. The van der Waals surface area contributed by atoms with Gasteiger partial charge in [0.25, 0.3) is 0 Å². The number of rotatable bonds is 8. The quantitative estimate of drug-likeness (QED) is 0.642. The maximum Gasteiger partial charge on any atom is 0.227 e. The van der Waals surface area contributed by atoms with Crippen molar-refractivity contribution in [3.8, 4) is 0 Å². The molecule has 0 spiro atoms. The molecule has 0 heterocycles. The average Bonchev–Trinajstić information content (AvgIpc) is 2.60. The Kier molecular flexibility index (Phi) is 7.84. The van der Waals surface area contributed by atoms with Crippen molar-refractivity contribution in [2.24, 2.45) is 28.7 Å². The largest absolute Gasteiger partial charge is 0.354 e. The number of hydrogen-bond acceptors (Lipinski definition) is 3. The Morgan fingerprint density at radius 3 is 1.74 bits per heavy atom. The van der Waals surface area contributed by atoms with E-state index in [0.717, 1.165) is 12.8 Å². The maximum atomic E-state index is 13.0. The molecule has 5 N–H and O–H groups in total. The van der Waals surface area contributed by atoms with Crippen molar-refractivity contribution in [1.82, 2.24) is 5.32 Å². The Balaban J connectivity index is 2.06. The van der Waals surface area contributed by atoms with Crippen molar-refractivity contribution in [2.75, 3.05) is 19.6 Å². The summed E-state index contributed by atoms with van der Waals surface area (Å²) in [6.45, 7) is 1.55. The summed E-state index contributed by atoms with van der Waals surface area (Å²) in [7, 11) is 0. The Hall–Kier alpha value is -0.610. The first-order valence-electron chi connectivity index (χ1n) is 9.88. The third kappa shape index (κ3) is 5.46. The Bertz CT molecular complexity index is 327. The first-order valence-corrected chi connectivity index (χ1v) is 9.88. The molecule has 2 aliphatic rings. The molecule has 2 fully saturated rings. The van der Waals surface area contributed by atoms with Crippen LogP contribution in [0.4, 0.5) is 0 Å². The predicted octanol–water partition coefficient (Wildman–Crippen LogP) is 2.95. The van der Waals surface area contributed by atoms with Gasteiger partial charge in [-0.3, -0.25) is 4.79 Å². The summed E-state index contributed by atoms with van der Waals surface area (Å²) in [6.07, 6.45) is 15.0. The van der Waals surface area contributed by atoms with E-state index >= 15 is 0 Å². The molecule has 0 aromatic carbocycles. The molecule has 0 aliphatic heterocycles. The van der Waals surface area contributed by atoms with Crippen LogP contribution in [0.2, 0.25) is 0 Å². The zero-order valence-corrected chi connectivity index (χ0v) is 14.8. The number of carbonyl (C=O) groups is 1. The fraction of sp³-hybridized carbons (Fsp3) is 0.947. The van der Waals surface area contributed by atoms with Crippen LogP contribution in [-0.4, -0.2) is 25.5 Å². The lowest BCUT2D eigenvalue weighted by atomic mass is 9.67. The lowest BCUT2D eigenvalue weighted by Gasteiger charge is -2.39. The van der Waals surface area contributed by atoms with Gasteiger partial charge in [-0.2, -0.15) is 0 Å². The molecule has 2 saturated carbocycles. The van der Waals surface area contributed by atoms with Crippen LogP contribution >= 0.6 is 0 Å². The zero-order chi connectivity index (χ0) is 16.5. The van der Waals surface area contributed by atoms with E-state index in [2.05, 4.69) is 5.32 Å². The van der Waals surface area contributed by atoms with Crippen LogP contribution in [0, 0.1) is 17.3 Å². The van der Waals surface area contributed by atoms with E-state index in [9.17, 15) is 4.79 Å². The highest BCUT2D eigenvalue weighted by Gasteiger charge is 2.41. The van der Waals surface area contributed by atoms with Gasteiger partial charge in [0.1, 0.15) is 0 Å². The van der Waals surface area contributed by atoms with E-state index < -0.39 is 0 Å². The second-order valence-electron chi connectivity index (χ2n) is 7.95. The number of hydrogen-bond donors (Lipinski definition) is 3. The SMILES string of the molecule is NCCNC(=O)C(CN)(CC1CCCCC1)CC1CCCCC1. The third-order valence-corrected chi connectivity index (χ3v) is 6.11. The highest BCUT2D eigenvalue weighted by molar-refractivity contribution is 5.83. The molecule has 2 aliphatic carbocycles. The van der Waals surface area contributed by atoms with Crippen LogP contribution in [-0.2, 0) is 4.79 Å². The summed E-state index contributed by atoms with van der Waals surface area (Å²) in [4.78, 5) is 13.0. The monoisotopic (exact) mass is 323 g/mol. The molecule has 0 radical (unpaired) electrons. The topological polar surface area (TPSA) is 81.1 Å². The smallest absolute Gasteiger partial charge is 0.227 e. The van der Waals surface area contributed by atoms with Crippen molar-refractivity contribution < 1.29 is 4.79 Å². The molecule has 23 heavy (non-hydrogen) atoms. The molecular weight excluding hydrogens is 286 g/mol. The van der Waals surface area contributed by atoms with Gasteiger partial charge in [0, 0.05) is 19.6 Å². The predicted molar refractivity (Wildman–Crippen MR) is 95.9 cm³/mol.